The van der Waals surface area contributed by atoms with E-state index < -0.39 is 0 Å². The SMILES string of the molecule is Clc1ccc(CSCOC(Cc2ccc(Cl)cc2Cl)c2ncc[nH]2)cc1. The average molecular weight is 428 g/mol. The molecule has 1 atom stereocenters. The molecule has 0 bridgehead atoms. The lowest BCUT2D eigenvalue weighted by Gasteiger charge is -2.17. The first-order valence-corrected chi connectivity index (χ1v) is 10.3. The summed E-state index contributed by atoms with van der Waals surface area (Å²) in [5.74, 6) is 2.17. The smallest absolute Gasteiger partial charge is 0.135 e. The standard InChI is InChI=1S/C19H17Cl3N2OS/c20-15-4-1-13(2-5-15)11-26-12-25-18(19-23-7-8-24-19)9-14-3-6-16(21)10-17(14)22/h1-8,10,18H,9,11-12H2,(H,23,24). The van der Waals surface area contributed by atoms with E-state index in [-0.39, 0.29) is 6.10 Å². The fourth-order valence-electron chi connectivity index (χ4n) is 2.45. The first-order valence-electron chi connectivity index (χ1n) is 7.99. The predicted molar refractivity (Wildman–Crippen MR) is 110 cm³/mol. The topological polar surface area (TPSA) is 37.9 Å². The number of aromatic amines is 1. The summed E-state index contributed by atoms with van der Waals surface area (Å²) >= 11 is 19.9. The van der Waals surface area contributed by atoms with E-state index in [0.29, 0.717) is 22.4 Å². The van der Waals surface area contributed by atoms with Crippen molar-refractivity contribution in [3.8, 4) is 0 Å². The highest BCUT2D eigenvalue weighted by atomic mass is 35.5. The van der Waals surface area contributed by atoms with Crippen LogP contribution in [0.1, 0.15) is 23.1 Å². The molecular formula is C19H17Cl3N2OS. The number of halogens is 3. The third kappa shape index (κ3) is 5.66. The summed E-state index contributed by atoms with van der Waals surface area (Å²) in [5.41, 5.74) is 2.18. The van der Waals surface area contributed by atoms with Crippen LogP contribution in [0.15, 0.2) is 54.9 Å². The summed E-state index contributed by atoms with van der Waals surface area (Å²) in [4.78, 5) is 7.46. The molecule has 7 heteroatoms. The number of hydrogen-bond donors (Lipinski definition) is 1. The van der Waals surface area contributed by atoms with E-state index in [1.54, 1.807) is 30.2 Å². The maximum absolute atomic E-state index is 6.30. The minimum Gasteiger partial charge on any atom is -0.359 e. The van der Waals surface area contributed by atoms with Gasteiger partial charge in [-0.2, -0.15) is 0 Å². The van der Waals surface area contributed by atoms with Crippen LogP contribution in [0.5, 0.6) is 0 Å². The van der Waals surface area contributed by atoms with Crippen molar-refractivity contribution in [2.24, 2.45) is 0 Å². The van der Waals surface area contributed by atoms with E-state index in [1.807, 2.05) is 36.4 Å². The molecule has 1 unspecified atom stereocenters. The largest absolute Gasteiger partial charge is 0.359 e. The number of nitrogens with zero attached hydrogens (tertiary/aromatic N) is 1. The van der Waals surface area contributed by atoms with Crippen LogP contribution in [0.3, 0.4) is 0 Å². The molecule has 0 fully saturated rings. The summed E-state index contributed by atoms with van der Waals surface area (Å²) in [6.45, 7) is 0. The van der Waals surface area contributed by atoms with Gasteiger partial charge in [0.15, 0.2) is 0 Å². The van der Waals surface area contributed by atoms with Gasteiger partial charge in [-0.1, -0.05) is 53.0 Å². The van der Waals surface area contributed by atoms with Crippen LogP contribution in [0.25, 0.3) is 0 Å². The molecule has 26 heavy (non-hydrogen) atoms. The lowest BCUT2D eigenvalue weighted by atomic mass is 10.1. The van der Waals surface area contributed by atoms with Gasteiger partial charge in [-0.05, 0) is 35.4 Å². The maximum atomic E-state index is 6.30. The Hall–Kier alpha value is -1.17. The minimum atomic E-state index is -0.207. The Morgan fingerprint density at radius 1 is 1.04 bits per heavy atom. The Bertz CT molecular complexity index is 825. The third-order valence-electron chi connectivity index (χ3n) is 3.78. The second kappa shape index (κ2) is 9.67. The highest BCUT2D eigenvalue weighted by molar-refractivity contribution is 7.98. The van der Waals surface area contributed by atoms with Gasteiger partial charge in [0.2, 0.25) is 0 Å². The fourth-order valence-corrected chi connectivity index (χ4v) is 3.83. The molecule has 0 aliphatic rings. The monoisotopic (exact) mass is 426 g/mol. The minimum absolute atomic E-state index is 0.207. The van der Waals surface area contributed by atoms with Gasteiger partial charge >= 0.3 is 0 Å². The van der Waals surface area contributed by atoms with Gasteiger partial charge in [0, 0.05) is 39.6 Å². The maximum Gasteiger partial charge on any atom is 0.135 e. The molecule has 0 saturated heterocycles. The Kier molecular flexibility index (Phi) is 7.29. The molecule has 1 aromatic heterocycles. The third-order valence-corrected chi connectivity index (χ3v) is 5.46. The predicted octanol–water partition coefficient (Wildman–Crippen LogP) is 6.56. The van der Waals surface area contributed by atoms with Crippen molar-refractivity contribution in [1.82, 2.24) is 9.97 Å². The highest BCUT2D eigenvalue weighted by Crippen LogP contribution is 2.28. The number of imidazole rings is 1. The molecule has 3 rings (SSSR count). The van der Waals surface area contributed by atoms with Gasteiger partial charge < -0.3 is 9.72 Å². The van der Waals surface area contributed by atoms with Crippen LogP contribution in [-0.2, 0) is 16.9 Å². The van der Waals surface area contributed by atoms with Crippen molar-refractivity contribution in [3.05, 3.63) is 86.9 Å². The van der Waals surface area contributed by atoms with Crippen molar-refractivity contribution >= 4 is 46.6 Å². The summed E-state index contributed by atoms with van der Waals surface area (Å²) < 4.78 is 6.07. The van der Waals surface area contributed by atoms with E-state index in [1.165, 1.54) is 5.56 Å². The summed E-state index contributed by atoms with van der Waals surface area (Å²) in [6.07, 6.45) is 3.92. The van der Waals surface area contributed by atoms with E-state index >= 15 is 0 Å². The second-order valence-corrected chi connectivity index (χ2v) is 7.88. The number of thioether (sulfide) groups is 1. The van der Waals surface area contributed by atoms with Crippen LogP contribution in [-0.4, -0.2) is 15.9 Å². The van der Waals surface area contributed by atoms with Crippen LogP contribution in [0.4, 0.5) is 0 Å². The first-order chi connectivity index (χ1) is 12.6. The van der Waals surface area contributed by atoms with Crippen molar-refractivity contribution in [3.63, 3.8) is 0 Å². The molecular weight excluding hydrogens is 411 g/mol. The van der Waals surface area contributed by atoms with Gasteiger partial charge in [0.1, 0.15) is 11.9 Å². The van der Waals surface area contributed by atoms with Gasteiger partial charge in [-0.3, -0.25) is 0 Å². The molecule has 0 amide bonds. The fraction of sp³-hybridized carbons (Fsp3) is 0.211. The normalized spacial score (nSPS) is 12.3. The number of nitrogens with one attached hydrogen (secondary N) is 1. The van der Waals surface area contributed by atoms with Crippen molar-refractivity contribution < 1.29 is 4.74 Å². The zero-order chi connectivity index (χ0) is 18.4. The molecule has 0 radical (unpaired) electrons. The number of aromatic nitrogens is 2. The van der Waals surface area contributed by atoms with E-state index in [9.17, 15) is 0 Å². The number of H-pyrrole nitrogens is 1. The van der Waals surface area contributed by atoms with Crippen LogP contribution in [0.2, 0.25) is 15.1 Å². The molecule has 0 spiro atoms. The lowest BCUT2D eigenvalue weighted by Crippen LogP contribution is -2.10. The zero-order valence-corrected chi connectivity index (χ0v) is 16.9. The summed E-state index contributed by atoms with van der Waals surface area (Å²) in [5, 5.41) is 1.99. The number of hydrogen-bond acceptors (Lipinski definition) is 3. The van der Waals surface area contributed by atoms with E-state index in [4.69, 9.17) is 39.5 Å². The zero-order valence-electron chi connectivity index (χ0n) is 13.8. The lowest BCUT2D eigenvalue weighted by molar-refractivity contribution is 0.0843. The van der Waals surface area contributed by atoms with Crippen molar-refractivity contribution in [2.75, 3.05) is 5.94 Å². The van der Waals surface area contributed by atoms with Gasteiger partial charge in [0.25, 0.3) is 0 Å². The number of benzene rings is 2. The molecule has 0 saturated carbocycles. The molecule has 1 heterocycles. The van der Waals surface area contributed by atoms with Crippen LogP contribution >= 0.6 is 46.6 Å². The molecule has 0 aliphatic heterocycles. The average Bonchev–Trinajstić information content (AvgIpc) is 3.15. The molecule has 1 N–H and O–H groups in total. The van der Waals surface area contributed by atoms with Crippen molar-refractivity contribution in [2.45, 2.75) is 18.3 Å². The van der Waals surface area contributed by atoms with Gasteiger partial charge in [0.05, 0.1) is 5.94 Å². The van der Waals surface area contributed by atoms with Crippen LogP contribution < -0.4 is 0 Å². The van der Waals surface area contributed by atoms with Gasteiger partial charge in [-0.25, -0.2) is 4.98 Å². The summed E-state index contributed by atoms with van der Waals surface area (Å²) in [7, 11) is 0. The quantitative estimate of drug-likeness (QED) is 0.327. The second-order valence-electron chi connectivity index (χ2n) is 5.66. The van der Waals surface area contributed by atoms with E-state index in [2.05, 4.69) is 9.97 Å². The number of ether oxygens (including phenoxy) is 1. The molecule has 3 aromatic rings. The van der Waals surface area contributed by atoms with Gasteiger partial charge in [-0.15, -0.1) is 11.8 Å². The van der Waals surface area contributed by atoms with Crippen LogP contribution in [0, 0.1) is 0 Å². The first kappa shape index (κ1) is 19.6. The summed E-state index contributed by atoms with van der Waals surface area (Å²) in [6, 6.07) is 13.3. The Morgan fingerprint density at radius 2 is 1.81 bits per heavy atom. The Labute approximate surface area is 172 Å². The molecule has 136 valence electrons. The Morgan fingerprint density at radius 3 is 2.50 bits per heavy atom. The number of rotatable bonds is 8. The molecule has 3 nitrogen and oxygen atoms in total. The van der Waals surface area contributed by atoms with E-state index in [0.717, 1.165) is 22.2 Å². The Balaban J connectivity index is 1.59. The van der Waals surface area contributed by atoms with Crippen molar-refractivity contribution in [1.29, 1.82) is 0 Å². The molecule has 0 aliphatic carbocycles. The molecule has 2 aromatic carbocycles. The highest BCUT2D eigenvalue weighted by Gasteiger charge is 2.17.